The van der Waals surface area contributed by atoms with Gasteiger partial charge in [0.2, 0.25) is 10.0 Å². The number of hydrogen-bond donors (Lipinski definition) is 3. The first-order valence-corrected chi connectivity index (χ1v) is 10.3. The second-order valence-electron chi connectivity index (χ2n) is 6.83. The van der Waals surface area contributed by atoms with E-state index in [-0.39, 0.29) is 22.3 Å². The van der Waals surface area contributed by atoms with Crippen molar-refractivity contribution in [2.45, 2.75) is 31.7 Å². The summed E-state index contributed by atoms with van der Waals surface area (Å²) in [5.41, 5.74) is 6.14. The summed E-state index contributed by atoms with van der Waals surface area (Å²) in [6.45, 7) is 5.09. The van der Waals surface area contributed by atoms with E-state index < -0.39 is 21.8 Å². The topological polar surface area (TPSA) is 127 Å². The quantitative estimate of drug-likeness (QED) is 0.527. The number of amides is 2. The van der Waals surface area contributed by atoms with Crippen molar-refractivity contribution in [2.24, 2.45) is 7.05 Å². The summed E-state index contributed by atoms with van der Waals surface area (Å²) in [6.07, 6.45) is 3.03. The van der Waals surface area contributed by atoms with E-state index in [4.69, 9.17) is 0 Å². The smallest absolute Gasteiger partial charge is 0.288 e. The molecular formula is C18H22N6O4S. The van der Waals surface area contributed by atoms with E-state index in [9.17, 15) is 18.0 Å². The molecule has 29 heavy (non-hydrogen) atoms. The van der Waals surface area contributed by atoms with Crippen LogP contribution in [0.1, 0.15) is 40.5 Å². The molecule has 154 valence electrons. The van der Waals surface area contributed by atoms with Crippen LogP contribution < -0.4 is 15.6 Å². The number of nitrogens with zero attached hydrogens (tertiary/aromatic N) is 3. The van der Waals surface area contributed by atoms with Gasteiger partial charge in [0.05, 0.1) is 5.69 Å². The Morgan fingerprint density at radius 3 is 2.52 bits per heavy atom. The highest BCUT2D eigenvalue weighted by Gasteiger charge is 2.22. The van der Waals surface area contributed by atoms with Crippen LogP contribution in [0.15, 0.2) is 41.6 Å². The van der Waals surface area contributed by atoms with Crippen molar-refractivity contribution in [3.63, 3.8) is 0 Å². The van der Waals surface area contributed by atoms with Crippen molar-refractivity contribution < 1.29 is 18.0 Å². The Kier molecular flexibility index (Phi) is 5.44. The fourth-order valence-corrected chi connectivity index (χ4v) is 4.23. The number of carbonyl (C=O) groups is 2. The molecule has 3 aromatic rings. The van der Waals surface area contributed by atoms with Crippen LogP contribution in [0.2, 0.25) is 0 Å². The molecule has 0 fully saturated rings. The normalized spacial score (nSPS) is 11.8. The highest BCUT2D eigenvalue weighted by atomic mass is 32.2. The fourth-order valence-electron chi connectivity index (χ4n) is 2.91. The van der Waals surface area contributed by atoms with Gasteiger partial charge in [-0.15, -0.1) is 0 Å². The predicted octanol–water partition coefficient (Wildman–Crippen LogP) is 0.743. The average molecular weight is 418 g/mol. The molecule has 0 aliphatic rings. The molecule has 0 atom stereocenters. The van der Waals surface area contributed by atoms with Crippen LogP contribution in [0.4, 0.5) is 0 Å². The third kappa shape index (κ3) is 4.15. The Morgan fingerprint density at radius 2 is 1.83 bits per heavy atom. The molecule has 3 heterocycles. The number of carbonyl (C=O) groups excluding carboxylic acids is 2. The van der Waals surface area contributed by atoms with Crippen LogP contribution in [0, 0.1) is 6.92 Å². The largest absolute Gasteiger partial charge is 0.345 e. The number of rotatable bonds is 5. The minimum Gasteiger partial charge on any atom is -0.345 e. The van der Waals surface area contributed by atoms with E-state index in [1.165, 1.54) is 16.8 Å². The number of hydrogen-bond acceptors (Lipinski definition) is 5. The van der Waals surface area contributed by atoms with E-state index in [0.717, 1.165) is 0 Å². The Hall–Kier alpha value is -3.18. The summed E-state index contributed by atoms with van der Waals surface area (Å²) in [7, 11) is -2.20. The van der Waals surface area contributed by atoms with Gasteiger partial charge in [-0.1, -0.05) is 6.07 Å². The molecule has 3 aromatic heterocycles. The molecule has 0 bridgehead atoms. The number of nitrogens with one attached hydrogen (secondary N) is 3. The minimum absolute atomic E-state index is 0.0391. The molecule has 2 amide bonds. The molecule has 0 unspecified atom stereocenters. The third-order valence-corrected chi connectivity index (χ3v) is 5.75. The molecule has 3 N–H and O–H groups in total. The van der Waals surface area contributed by atoms with Crippen molar-refractivity contribution in [1.82, 2.24) is 29.5 Å². The molecule has 11 heteroatoms. The number of imidazole rings is 1. The number of aromatic nitrogens is 3. The van der Waals surface area contributed by atoms with Gasteiger partial charge in [-0.05, 0) is 39.0 Å². The zero-order chi connectivity index (χ0) is 21.3. The minimum atomic E-state index is -3.74. The lowest BCUT2D eigenvalue weighted by Crippen LogP contribution is -2.42. The zero-order valence-corrected chi connectivity index (χ0v) is 17.2. The Balaban J connectivity index is 1.76. The molecule has 0 spiro atoms. The third-order valence-electron chi connectivity index (χ3n) is 4.12. The lowest BCUT2D eigenvalue weighted by molar-refractivity contribution is 0.0838. The SMILES string of the molecule is Cc1nc2ccccn2c1C(=O)NNC(=O)c1cc(S(=O)(=O)NC(C)C)cn1C. The maximum Gasteiger partial charge on any atom is 0.288 e. The molecule has 3 rings (SSSR count). The van der Waals surface area contributed by atoms with Crippen molar-refractivity contribution >= 4 is 27.5 Å². The molecule has 0 aromatic carbocycles. The molecule has 10 nitrogen and oxygen atoms in total. The van der Waals surface area contributed by atoms with E-state index in [1.807, 2.05) is 0 Å². The highest BCUT2D eigenvalue weighted by Crippen LogP contribution is 2.14. The number of pyridine rings is 1. The van der Waals surface area contributed by atoms with Gasteiger partial charge in [0, 0.05) is 25.5 Å². The van der Waals surface area contributed by atoms with Gasteiger partial charge in [0.15, 0.2) is 0 Å². The molecule has 0 saturated heterocycles. The van der Waals surface area contributed by atoms with E-state index in [1.54, 1.807) is 56.6 Å². The maximum atomic E-state index is 12.5. The monoisotopic (exact) mass is 418 g/mol. The van der Waals surface area contributed by atoms with Crippen molar-refractivity contribution in [3.05, 3.63) is 53.7 Å². The average Bonchev–Trinajstić information content (AvgIpc) is 3.18. The van der Waals surface area contributed by atoms with E-state index in [2.05, 4.69) is 20.6 Å². The summed E-state index contributed by atoms with van der Waals surface area (Å²) < 4.78 is 30.0. The molecule has 0 aliphatic heterocycles. The lowest BCUT2D eigenvalue weighted by Gasteiger charge is -2.08. The van der Waals surface area contributed by atoms with Crippen molar-refractivity contribution in [2.75, 3.05) is 0 Å². The number of aryl methyl sites for hydroxylation is 2. The van der Waals surface area contributed by atoms with Gasteiger partial charge < -0.3 is 4.57 Å². The molecule has 0 aliphatic carbocycles. The summed E-state index contributed by atoms with van der Waals surface area (Å²) in [6, 6.07) is 6.29. The maximum absolute atomic E-state index is 12.5. The summed E-state index contributed by atoms with van der Waals surface area (Å²) >= 11 is 0. The number of fused-ring (bicyclic) bond motifs is 1. The molecular weight excluding hydrogens is 396 g/mol. The fraction of sp³-hybridized carbons (Fsp3) is 0.278. The van der Waals surface area contributed by atoms with Crippen LogP contribution >= 0.6 is 0 Å². The van der Waals surface area contributed by atoms with E-state index >= 15 is 0 Å². The van der Waals surface area contributed by atoms with Crippen LogP contribution in [0.5, 0.6) is 0 Å². The van der Waals surface area contributed by atoms with Gasteiger partial charge in [0.25, 0.3) is 11.8 Å². The van der Waals surface area contributed by atoms with E-state index in [0.29, 0.717) is 11.3 Å². The number of hydrazine groups is 1. The van der Waals surface area contributed by atoms with Crippen LogP contribution in [-0.2, 0) is 17.1 Å². The van der Waals surface area contributed by atoms with Gasteiger partial charge in [0.1, 0.15) is 21.9 Å². The Bertz CT molecular complexity index is 1190. The van der Waals surface area contributed by atoms with Crippen LogP contribution in [-0.4, -0.2) is 40.2 Å². The molecule has 0 saturated carbocycles. The van der Waals surface area contributed by atoms with Gasteiger partial charge in [-0.3, -0.25) is 24.8 Å². The van der Waals surface area contributed by atoms with Crippen LogP contribution in [0.3, 0.4) is 0 Å². The standard InChI is InChI=1S/C18H22N6O4S/c1-11(2)22-29(27,28)13-9-14(23(4)10-13)17(25)20-21-18(26)16-12(3)19-15-7-5-6-8-24(15)16/h5-11,22H,1-4H3,(H,20,25)(H,21,26). The predicted molar refractivity (Wildman–Crippen MR) is 106 cm³/mol. The first-order valence-electron chi connectivity index (χ1n) is 8.83. The summed E-state index contributed by atoms with van der Waals surface area (Å²) in [5, 5.41) is 0. The van der Waals surface area contributed by atoms with Gasteiger partial charge >= 0.3 is 0 Å². The highest BCUT2D eigenvalue weighted by molar-refractivity contribution is 7.89. The van der Waals surface area contributed by atoms with Gasteiger partial charge in [-0.2, -0.15) is 0 Å². The Morgan fingerprint density at radius 1 is 1.14 bits per heavy atom. The van der Waals surface area contributed by atoms with Crippen molar-refractivity contribution in [3.8, 4) is 0 Å². The Labute approximate surface area is 168 Å². The molecule has 0 radical (unpaired) electrons. The summed E-state index contributed by atoms with van der Waals surface area (Å²) in [5.74, 6) is -1.20. The van der Waals surface area contributed by atoms with Crippen molar-refractivity contribution in [1.29, 1.82) is 0 Å². The lowest BCUT2D eigenvalue weighted by atomic mass is 10.3. The zero-order valence-electron chi connectivity index (χ0n) is 16.4. The number of sulfonamides is 1. The second-order valence-corrected chi connectivity index (χ2v) is 8.54. The van der Waals surface area contributed by atoms with Crippen LogP contribution in [0.25, 0.3) is 5.65 Å². The second kappa shape index (κ2) is 7.68. The summed E-state index contributed by atoms with van der Waals surface area (Å²) in [4.78, 5) is 29.3. The first kappa shape index (κ1) is 20.6. The van der Waals surface area contributed by atoms with Gasteiger partial charge in [-0.25, -0.2) is 18.1 Å². The first-order chi connectivity index (χ1) is 13.6.